The highest BCUT2D eigenvalue weighted by molar-refractivity contribution is 5.92. The topological polar surface area (TPSA) is 47.4 Å². The number of nitrogens with zero attached hydrogens (tertiary/aromatic N) is 3. The molecule has 5 heteroatoms. The highest BCUT2D eigenvalue weighted by atomic mass is 16.5. The van der Waals surface area contributed by atoms with Crippen molar-refractivity contribution in [3.8, 4) is 0 Å². The molecule has 1 aromatic heterocycles. The molecule has 2 aromatic rings. The number of hydrogen-bond acceptors (Lipinski definition) is 3. The van der Waals surface area contributed by atoms with Gasteiger partial charge >= 0.3 is 0 Å². The van der Waals surface area contributed by atoms with Crippen LogP contribution in [0, 0.1) is 0 Å². The maximum absolute atomic E-state index is 12.6. The fourth-order valence-corrected chi connectivity index (χ4v) is 3.47. The molecule has 0 unspecified atom stereocenters. The molecule has 23 heavy (non-hydrogen) atoms. The number of amides is 1. The molecule has 1 aromatic carbocycles. The summed E-state index contributed by atoms with van der Waals surface area (Å²) in [6, 6.07) is 10.6. The van der Waals surface area contributed by atoms with Gasteiger partial charge in [0.1, 0.15) is 11.5 Å². The fourth-order valence-electron chi connectivity index (χ4n) is 3.47. The zero-order chi connectivity index (χ0) is 15.6. The van der Waals surface area contributed by atoms with Crippen LogP contribution in [0.4, 0.5) is 0 Å². The highest BCUT2D eigenvalue weighted by Gasteiger charge is 2.26. The number of carbonyl (C=O) groups excluding carboxylic acids is 1. The molecule has 0 radical (unpaired) electrons. The van der Waals surface area contributed by atoms with Gasteiger partial charge in [-0.15, -0.1) is 0 Å². The van der Waals surface area contributed by atoms with E-state index >= 15 is 0 Å². The number of imidazole rings is 1. The lowest BCUT2D eigenvalue weighted by atomic mass is 9.92. The van der Waals surface area contributed by atoms with Gasteiger partial charge in [0.2, 0.25) is 0 Å². The number of rotatable bonds is 2. The van der Waals surface area contributed by atoms with Crippen LogP contribution in [-0.2, 0) is 17.7 Å². The van der Waals surface area contributed by atoms with Gasteiger partial charge in [0, 0.05) is 38.2 Å². The Morgan fingerprint density at radius 1 is 1.17 bits per heavy atom. The smallest absolute Gasteiger partial charge is 0.274 e. The maximum atomic E-state index is 12.6. The summed E-state index contributed by atoms with van der Waals surface area (Å²) in [5.74, 6) is 1.57. The summed E-state index contributed by atoms with van der Waals surface area (Å²) in [7, 11) is 0. The molecule has 120 valence electrons. The Balaban J connectivity index is 1.52. The number of aryl methyl sites for hydroxylation is 1. The van der Waals surface area contributed by atoms with Crippen molar-refractivity contribution in [2.24, 2.45) is 0 Å². The number of benzene rings is 1. The third kappa shape index (κ3) is 2.88. The van der Waals surface area contributed by atoms with Crippen LogP contribution in [0.3, 0.4) is 0 Å². The second-order valence-electron chi connectivity index (χ2n) is 6.25. The average molecular weight is 311 g/mol. The molecular weight excluding hydrogens is 290 g/mol. The van der Waals surface area contributed by atoms with E-state index in [-0.39, 0.29) is 5.91 Å². The van der Waals surface area contributed by atoms with E-state index in [9.17, 15) is 4.79 Å². The van der Waals surface area contributed by atoms with Crippen molar-refractivity contribution in [1.82, 2.24) is 14.5 Å². The molecule has 0 spiro atoms. The van der Waals surface area contributed by atoms with E-state index in [4.69, 9.17) is 4.74 Å². The molecule has 0 bridgehead atoms. The number of aromatic nitrogens is 2. The second-order valence-corrected chi connectivity index (χ2v) is 6.25. The molecule has 2 aliphatic heterocycles. The van der Waals surface area contributed by atoms with Gasteiger partial charge in [-0.2, -0.15) is 0 Å². The van der Waals surface area contributed by atoms with Crippen molar-refractivity contribution in [2.45, 2.75) is 25.3 Å². The summed E-state index contributed by atoms with van der Waals surface area (Å²) in [5, 5.41) is 0. The van der Waals surface area contributed by atoms with Crippen LogP contribution in [0.5, 0.6) is 0 Å². The number of carbonyl (C=O) groups is 1. The van der Waals surface area contributed by atoms with E-state index in [1.165, 1.54) is 5.56 Å². The van der Waals surface area contributed by atoms with Gasteiger partial charge in [0.05, 0.1) is 13.2 Å². The highest BCUT2D eigenvalue weighted by Crippen LogP contribution is 2.28. The lowest BCUT2D eigenvalue weighted by molar-refractivity contribution is 0.0299. The maximum Gasteiger partial charge on any atom is 0.274 e. The Labute approximate surface area is 135 Å². The zero-order valence-electron chi connectivity index (χ0n) is 13.1. The summed E-state index contributed by atoms with van der Waals surface area (Å²) in [4.78, 5) is 19.0. The van der Waals surface area contributed by atoms with E-state index in [1.807, 2.05) is 17.2 Å². The Morgan fingerprint density at radius 3 is 2.74 bits per heavy atom. The van der Waals surface area contributed by atoms with E-state index in [0.717, 1.165) is 25.2 Å². The Hall–Kier alpha value is -2.14. The van der Waals surface area contributed by atoms with Crippen LogP contribution in [-0.4, -0.2) is 46.7 Å². The first kappa shape index (κ1) is 14.5. The number of fused-ring (bicyclic) bond motifs is 1. The Bertz CT molecular complexity index is 690. The van der Waals surface area contributed by atoms with E-state index < -0.39 is 0 Å². The Kier molecular flexibility index (Phi) is 3.87. The normalized spacial score (nSPS) is 21.0. The van der Waals surface area contributed by atoms with Crippen LogP contribution in [0.1, 0.15) is 34.2 Å². The molecule has 1 fully saturated rings. The standard InChI is InChI=1S/C18H21N3O2/c22-18(20-8-10-23-11-9-20)16-13-21-12-15(6-7-17(21)19-16)14-4-2-1-3-5-14/h1-5,13,15H,6-12H2/t15-/m1/s1. The summed E-state index contributed by atoms with van der Waals surface area (Å²) in [6.45, 7) is 3.47. The molecule has 1 saturated heterocycles. The van der Waals surface area contributed by atoms with Crippen molar-refractivity contribution in [3.63, 3.8) is 0 Å². The molecular formula is C18H21N3O2. The lowest BCUT2D eigenvalue weighted by Crippen LogP contribution is -2.40. The minimum absolute atomic E-state index is 0.0338. The van der Waals surface area contributed by atoms with E-state index in [1.54, 1.807) is 0 Å². The summed E-state index contributed by atoms with van der Waals surface area (Å²) < 4.78 is 7.47. The van der Waals surface area contributed by atoms with E-state index in [0.29, 0.717) is 37.9 Å². The first-order chi connectivity index (χ1) is 11.3. The molecule has 1 atom stereocenters. The quantitative estimate of drug-likeness (QED) is 0.853. The van der Waals surface area contributed by atoms with Crippen molar-refractivity contribution in [2.75, 3.05) is 26.3 Å². The van der Waals surface area contributed by atoms with Crippen molar-refractivity contribution >= 4 is 5.91 Å². The third-order valence-electron chi connectivity index (χ3n) is 4.78. The molecule has 5 nitrogen and oxygen atoms in total. The van der Waals surface area contributed by atoms with Crippen molar-refractivity contribution in [1.29, 1.82) is 0 Å². The first-order valence-electron chi connectivity index (χ1n) is 8.29. The van der Waals surface area contributed by atoms with Crippen molar-refractivity contribution < 1.29 is 9.53 Å². The molecule has 0 saturated carbocycles. The minimum Gasteiger partial charge on any atom is -0.378 e. The molecule has 3 heterocycles. The second kappa shape index (κ2) is 6.16. The number of morpholine rings is 1. The molecule has 0 aliphatic carbocycles. The Morgan fingerprint density at radius 2 is 1.96 bits per heavy atom. The molecule has 4 rings (SSSR count). The molecule has 2 aliphatic rings. The zero-order valence-corrected chi connectivity index (χ0v) is 13.1. The van der Waals surface area contributed by atoms with Crippen molar-refractivity contribution in [3.05, 3.63) is 53.6 Å². The minimum atomic E-state index is 0.0338. The monoisotopic (exact) mass is 311 g/mol. The lowest BCUT2D eigenvalue weighted by Gasteiger charge is -2.25. The van der Waals surface area contributed by atoms with Gasteiger partial charge < -0.3 is 14.2 Å². The van der Waals surface area contributed by atoms with Gasteiger partial charge in [0.25, 0.3) is 5.91 Å². The third-order valence-corrected chi connectivity index (χ3v) is 4.78. The SMILES string of the molecule is O=C(c1cn2c(n1)CC[C@@H](c1ccccc1)C2)N1CCOCC1. The molecule has 1 amide bonds. The summed E-state index contributed by atoms with van der Waals surface area (Å²) in [6.07, 6.45) is 3.95. The average Bonchev–Trinajstić information content (AvgIpc) is 3.06. The number of ether oxygens (including phenoxy) is 1. The summed E-state index contributed by atoms with van der Waals surface area (Å²) >= 11 is 0. The van der Waals surface area contributed by atoms with Gasteiger partial charge in [-0.05, 0) is 12.0 Å². The van der Waals surface area contributed by atoms with Gasteiger partial charge in [-0.3, -0.25) is 4.79 Å². The van der Waals surface area contributed by atoms with Crippen LogP contribution in [0.2, 0.25) is 0 Å². The van der Waals surface area contributed by atoms with Crippen LogP contribution in [0.25, 0.3) is 0 Å². The van der Waals surface area contributed by atoms with Crippen LogP contribution >= 0.6 is 0 Å². The van der Waals surface area contributed by atoms with E-state index in [2.05, 4.69) is 33.8 Å². The summed E-state index contributed by atoms with van der Waals surface area (Å²) in [5.41, 5.74) is 1.95. The number of hydrogen-bond donors (Lipinski definition) is 0. The van der Waals surface area contributed by atoms with Crippen LogP contribution < -0.4 is 0 Å². The fraction of sp³-hybridized carbons (Fsp3) is 0.444. The van der Waals surface area contributed by atoms with Gasteiger partial charge in [-0.25, -0.2) is 4.98 Å². The predicted octanol–water partition coefficient (Wildman–Crippen LogP) is 2.09. The first-order valence-corrected chi connectivity index (χ1v) is 8.29. The predicted molar refractivity (Wildman–Crippen MR) is 86.5 cm³/mol. The van der Waals surface area contributed by atoms with Gasteiger partial charge in [0.15, 0.2) is 0 Å². The van der Waals surface area contributed by atoms with Crippen LogP contribution in [0.15, 0.2) is 36.5 Å². The molecule has 0 N–H and O–H groups in total. The largest absolute Gasteiger partial charge is 0.378 e. The van der Waals surface area contributed by atoms with Gasteiger partial charge in [-0.1, -0.05) is 30.3 Å².